The highest BCUT2D eigenvalue weighted by molar-refractivity contribution is 8.00. The zero-order valence-electron chi connectivity index (χ0n) is 15.9. The van der Waals surface area contributed by atoms with Crippen molar-refractivity contribution >= 4 is 40.2 Å². The zero-order chi connectivity index (χ0) is 21.1. The number of nitrogens with zero attached hydrogens (tertiary/aromatic N) is 4. The number of anilines is 1. The van der Waals surface area contributed by atoms with E-state index in [4.69, 9.17) is 0 Å². The van der Waals surface area contributed by atoms with E-state index in [1.165, 1.54) is 37.1 Å². The average Bonchev–Trinajstić information content (AvgIpc) is 3.18. The fourth-order valence-electron chi connectivity index (χ4n) is 2.83. The van der Waals surface area contributed by atoms with Gasteiger partial charge in [-0.2, -0.15) is 5.10 Å². The van der Waals surface area contributed by atoms with Gasteiger partial charge in [0.1, 0.15) is 17.2 Å². The summed E-state index contributed by atoms with van der Waals surface area (Å²) in [6, 6.07) is 12.7. The molecule has 0 aliphatic carbocycles. The summed E-state index contributed by atoms with van der Waals surface area (Å²) in [4.78, 5) is 32.2. The molecule has 2 aromatic heterocycles. The molecule has 4 aromatic rings. The molecule has 1 amide bonds. The van der Waals surface area contributed by atoms with Crippen LogP contribution in [0.3, 0.4) is 0 Å². The van der Waals surface area contributed by atoms with Gasteiger partial charge in [0.2, 0.25) is 5.91 Å². The molecule has 0 saturated heterocycles. The van der Waals surface area contributed by atoms with Crippen LogP contribution in [-0.2, 0) is 4.79 Å². The van der Waals surface area contributed by atoms with Crippen LogP contribution >= 0.6 is 11.8 Å². The Morgan fingerprint density at radius 2 is 1.80 bits per heavy atom. The zero-order valence-corrected chi connectivity index (χ0v) is 16.7. The Bertz CT molecular complexity index is 1220. The third kappa shape index (κ3) is 4.20. The van der Waals surface area contributed by atoms with Crippen LogP contribution in [-0.4, -0.2) is 37.2 Å². The predicted molar refractivity (Wildman–Crippen MR) is 112 cm³/mol. The van der Waals surface area contributed by atoms with Crippen molar-refractivity contribution in [1.29, 1.82) is 0 Å². The van der Waals surface area contributed by atoms with Gasteiger partial charge in [0, 0.05) is 11.3 Å². The van der Waals surface area contributed by atoms with Crippen LogP contribution in [0.15, 0.2) is 66.1 Å². The van der Waals surface area contributed by atoms with Crippen molar-refractivity contribution in [3.05, 3.63) is 72.4 Å². The summed E-state index contributed by atoms with van der Waals surface area (Å²) in [5, 5.41) is 8.44. The maximum Gasteiger partial charge on any atom is 0.234 e. The van der Waals surface area contributed by atoms with Crippen molar-refractivity contribution in [2.45, 2.75) is 11.9 Å². The quantitative estimate of drug-likeness (QED) is 0.289. The van der Waals surface area contributed by atoms with Gasteiger partial charge in [0.15, 0.2) is 11.4 Å². The van der Waals surface area contributed by atoms with Gasteiger partial charge >= 0.3 is 0 Å². The summed E-state index contributed by atoms with van der Waals surface area (Å²) in [7, 11) is 0. The monoisotopic (exact) mass is 421 g/mol. The molecule has 1 N–H and O–H groups in total. The fourth-order valence-corrected chi connectivity index (χ4v) is 3.59. The average molecular weight is 421 g/mol. The topological polar surface area (TPSA) is 89.8 Å². The second kappa shape index (κ2) is 8.42. The number of carbonyl (C=O) groups excluding carboxylic acids is 2. The summed E-state index contributed by atoms with van der Waals surface area (Å²) in [5.74, 6) is -0.420. The van der Waals surface area contributed by atoms with Crippen molar-refractivity contribution < 1.29 is 14.0 Å². The van der Waals surface area contributed by atoms with Crippen LogP contribution in [0.5, 0.6) is 0 Å². The summed E-state index contributed by atoms with van der Waals surface area (Å²) in [6.45, 7) is 1.49. The lowest BCUT2D eigenvalue weighted by Crippen LogP contribution is -2.14. The van der Waals surface area contributed by atoms with Gasteiger partial charge in [0.05, 0.1) is 23.0 Å². The van der Waals surface area contributed by atoms with E-state index in [0.717, 1.165) is 0 Å². The summed E-state index contributed by atoms with van der Waals surface area (Å²) >= 11 is 1.27. The Hall–Kier alpha value is -3.59. The first-order valence-corrected chi connectivity index (χ1v) is 9.98. The van der Waals surface area contributed by atoms with Gasteiger partial charge in [-0.15, -0.1) is 0 Å². The molecule has 0 fully saturated rings. The first-order valence-electron chi connectivity index (χ1n) is 8.99. The first-order chi connectivity index (χ1) is 14.5. The Labute approximate surface area is 175 Å². The van der Waals surface area contributed by atoms with Crippen LogP contribution in [0.1, 0.15) is 17.3 Å². The number of Topliss-reactive ketones (excluding diaryl/α,β-unsaturated/α-hetero) is 1. The lowest BCUT2D eigenvalue weighted by Gasteiger charge is -2.06. The Balaban J connectivity index is 1.47. The number of thioether (sulfide) groups is 1. The second-order valence-corrected chi connectivity index (χ2v) is 7.38. The molecule has 0 spiro atoms. The number of amides is 1. The number of fused-ring (bicyclic) bond motifs is 1. The van der Waals surface area contributed by atoms with Gasteiger partial charge in [-0.3, -0.25) is 9.59 Å². The van der Waals surface area contributed by atoms with Gasteiger partial charge in [-0.05, 0) is 55.5 Å². The van der Waals surface area contributed by atoms with Gasteiger partial charge in [-0.25, -0.2) is 19.0 Å². The van der Waals surface area contributed by atoms with Crippen molar-refractivity contribution in [3.8, 4) is 5.69 Å². The molecule has 7 nitrogen and oxygen atoms in total. The minimum atomic E-state index is -0.331. The molecule has 2 aromatic carbocycles. The molecular weight excluding hydrogens is 405 g/mol. The molecule has 0 atom stereocenters. The Morgan fingerprint density at radius 3 is 2.50 bits per heavy atom. The lowest BCUT2D eigenvalue weighted by atomic mass is 10.1. The predicted octanol–water partition coefficient (Wildman–Crippen LogP) is 3.89. The van der Waals surface area contributed by atoms with Crippen LogP contribution < -0.4 is 5.32 Å². The van der Waals surface area contributed by atoms with E-state index in [-0.39, 0.29) is 23.3 Å². The third-order valence-electron chi connectivity index (χ3n) is 4.32. The molecule has 4 rings (SSSR count). The number of halogens is 1. The molecule has 0 unspecified atom stereocenters. The Kier molecular flexibility index (Phi) is 5.53. The van der Waals surface area contributed by atoms with E-state index in [9.17, 15) is 14.0 Å². The maximum atomic E-state index is 13.2. The van der Waals surface area contributed by atoms with E-state index in [0.29, 0.717) is 33.0 Å². The number of nitrogens with one attached hydrogen (secondary N) is 1. The fraction of sp³-hybridized carbons (Fsp3) is 0.0952. The van der Waals surface area contributed by atoms with Crippen LogP contribution in [0.25, 0.3) is 16.7 Å². The molecule has 0 bridgehead atoms. The van der Waals surface area contributed by atoms with Crippen LogP contribution in [0, 0.1) is 5.82 Å². The molecule has 9 heteroatoms. The van der Waals surface area contributed by atoms with Gasteiger partial charge in [0.25, 0.3) is 0 Å². The first kappa shape index (κ1) is 19.7. The molecule has 30 heavy (non-hydrogen) atoms. The number of carbonyl (C=O) groups is 2. The normalized spacial score (nSPS) is 10.9. The van der Waals surface area contributed by atoms with E-state index in [1.54, 1.807) is 47.3 Å². The molecule has 0 aliphatic rings. The molecular formula is C21H16FN5O2S. The molecule has 2 heterocycles. The highest BCUT2D eigenvalue weighted by Gasteiger charge is 2.13. The summed E-state index contributed by atoms with van der Waals surface area (Å²) in [5.41, 5.74) is 2.44. The largest absolute Gasteiger partial charge is 0.325 e. The molecule has 0 aliphatic heterocycles. The number of ketones is 1. The van der Waals surface area contributed by atoms with Crippen molar-refractivity contribution in [1.82, 2.24) is 19.7 Å². The SMILES string of the molecule is CC(=O)c1ccc(NC(=O)CSc2ncnc3c2cnn3-c2ccc(F)cc2)cc1. The highest BCUT2D eigenvalue weighted by atomic mass is 32.2. The standard InChI is InChI=1S/C21H16FN5O2S/c1-13(28)14-2-6-16(7-3-14)26-19(29)11-30-21-18-10-25-27(20(18)23-12-24-21)17-8-4-15(22)5-9-17/h2-10,12H,11H2,1H3,(H,26,29). The van der Waals surface area contributed by atoms with E-state index in [2.05, 4.69) is 20.4 Å². The van der Waals surface area contributed by atoms with Crippen molar-refractivity contribution in [3.63, 3.8) is 0 Å². The molecule has 0 radical (unpaired) electrons. The minimum absolute atomic E-state index is 0.0302. The summed E-state index contributed by atoms with van der Waals surface area (Å²) in [6.07, 6.45) is 3.03. The van der Waals surface area contributed by atoms with Crippen LogP contribution in [0.2, 0.25) is 0 Å². The summed E-state index contributed by atoms with van der Waals surface area (Å²) < 4.78 is 14.8. The molecule has 150 valence electrons. The maximum absolute atomic E-state index is 13.2. The Morgan fingerprint density at radius 1 is 1.07 bits per heavy atom. The second-order valence-electron chi connectivity index (χ2n) is 6.42. The smallest absolute Gasteiger partial charge is 0.234 e. The highest BCUT2D eigenvalue weighted by Crippen LogP contribution is 2.26. The van der Waals surface area contributed by atoms with E-state index >= 15 is 0 Å². The third-order valence-corrected chi connectivity index (χ3v) is 5.32. The van der Waals surface area contributed by atoms with E-state index in [1.807, 2.05) is 0 Å². The lowest BCUT2D eigenvalue weighted by molar-refractivity contribution is -0.113. The van der Waals surface area contributed by atoms with Crippen molar-refractivity contribution in [2.75, 3.05) is 11.1 Å². The number of benzene rings is 2. The van der Waals surface area contributed by atoms with Crippen molar-refractivity contribution in [2.24, 2.45) is 0 Å². The number of hydrogen-bond donors (Lipinski definition) is 1. The number of aromatic nitrogens is 4. The molecule has 0 saturated carbocycles. The van der Waals surface area contributed by atoms with Crippen LogP contribution in [0.4, 0.5) is 10.1 Å². The van der Waals surface area contributed by atoms with E-state index < -0.39 is 0 Å². The number of hydrogen-bond acceptors (Lipinski definition) is 6. The van der Waals surface area contributed by atoms with Gasteiger partial charge < -0.3 is 5.32 Å². The number of rotatable bonds is 6. The van der Waals surface area contributed by atoms with Gasteiger partial charge in [-0.1, -0.05) is 11.8 Å². The minimum Gasteiger partial charge on any atom is -0.325 e.